The molecule has 0 radical (unpaired) electrons. The molecular weight excluding hydrogens is 284 g/mol. The molecular formula is C16H20N2O2S. The Morgan fingerprint density at radius 1 is 1.43 bits per heavy atom. The van der Waals surface area contributed by atoms with Crippen LogP contribution in [0.25, 0.3) is 0 Å². The van der Waals surface area contributed by atoms with Crippen molar-refractivity contribution in [3.8, 4) is 5.75 Å². The number of rotatable bonds is 5. The number of thiazole rings is 1. The molecule has 1 aromatic heterocycles. The fourth-order valence-electron chi connectivity index (χ4n) is 2.70. The molecule has 1 aromatic carbocycles. The predicted molar refractivity (Wildman–Crippen MR) is 84.0 cm³/mol. The van der Waals surface area contributed by atoms with E-state index >= 15 is 0 Å². The van der Waals surface area contributed by atoms with Crippen LogP contribution in [0.3, 0.4) is 0 Å². The number of aromatic nitrogens is 1. The quantitative estimate of drug-likeness (QED) is 0.922. The summed E-state index contributed by atoms with van der Waals surface area (Å²) in [5, 5.41) is 4.38. The highest BCUT2D eigenvalue weighted by Gasteiger charge is 2.26. The summed E-state index contributed by atoms with van der Waals surface area (Å²) in [4.78, 5) is 6.10. The lowest BCUT2D eigenvalue weighted by Crippen LogP contribution is -2.15. The van der Waals surface area contributed by atoms with Gasteiger partial charge in [0.1, 0.15) is 10.8 Å². The zero-order chi connectivity index (χ0) is 14.7. The van der Waals surface area contributed by atoms with Gasteiger partial charge in [0, 0.05) is 30.0 Å². The maximum absolute atomic E-state index is 5.75. The summed E-state index contributed by atoms with van der Waals surface area (Å²) in [6.07, 6.45) is 0.982. The van der Waals surface area contributed by atoms with E-state index in [1.54, 1.807) is 18.4 Å². The fraction of sp³-hybridized carbons (Fsp3) is 0.438. The number of para-hydroxylation sites is 1. The van der Waals surface area contributed by atoms with Crippen LogP contribution in [0.1, 0.15) is 33.5 Å². The van der Waals surface area contributed by atoms with Crippen molar-refractivity contribution < 1.29 is 9.47 Å². The Hall–Kier alpha value is -1.43. The van der Waals surface area contributed by atoms with E-state index in [9.17, 15) is 0 Å². The van der Waals surface area contributed by atoms with Crippen molar-refractivity contribution in [3.05, 3.63) is 45.4 Å². The van der Waals surface area contributed by atoms with Crippen molar-refractivity contribution in [1.29, 1.82) is 0 Å². The van der Waals surface area contributed by atoms with Crippen molar-refractivity contribution in [2.75, 3.05) is 20.8 Å². The van der Waals surface area contributed by atoms with Gasteiger partial charge in [-0.15, -0.1) is 11.3 Å². The van der Waals surface area contributed by atoms with E-state index in [4.69, 9.17) is 14.5 Å². The standard InChI is InChI=1S/C16H20N2O2S/c1-17-9-15-13(10-19-2)18-16(21-15)12-7-8-20-14-6-4-3-5-11(12)14/h3-6,12,17H,7-10H2,1-2H3. The maximum Gasteiger partial charge on any atom is 0.123 e. The molecule has 0 fully saturated rings. The number of benzene rings is 1. The van der Waals surface area contributed by atoms with Gasteiger partial charge in [0.05, 0.1) is 18.9 Å². The molecule has 5 heteroatoms. The molecule has 0 aliphatic carbocycles. The van der Waals surface area contributed by atoms with Gasteiger partial charge >= 0.3 is 0 Å². The largest absolute Gasteiger partial charge is 0.493 e. The molecule has 0 spiro atoms. The summed E-state index contributed by atoms with van der Waals surface area (Å²) in [7, 11) is 3.67. The van der Waals surface area contributed by atoms with Crippen molar-refractivity contribution in [3.63, 3.8) is 0 Å². The number of nitrogens with zero attached hydrogens (tertiary/aromatic N) is 1. The number of fused-ring (bicyclic) bond motifs is 1. The molecule has 112 valence electrons. The third-order valence-corrected chi connectivity index (χ3v) is 4.88. The molecule has 21 heavy (non-hydrogen) atoms. The molecule has 2 heterocycles. The predicted octanol–water partition coefficient (Wildman–Crippen LogP) is 2.92. The van der Waals surface area contributed by atoms with Crippen LogP contribution < -0.4 is 10.1 Å². The number of ether oxygens (including phenoxy) is 2. The summed E-state index contributed by atoms with van der Waals surface area (Å²) < 4.78 is 11.0. The van der Waals surface area contributed by atoms with Gasteiger partial charge in [0.2, 0.25) is 0 Å². The highest BCUT2D eigenvalue weighted by Crippen LogP contribution is 2.40. The van der Waals surface area contributed by atoms with Crippen molar-refractivity contribution in [2.24, 2.45) is 0 Å². The van der Waals surface area contributed by atoms with Gasteiger partial charge in [-0.1, -0.05) is 18.2 Å². The van der Waals surface area contributed by atoms with Crippen LogP contribution in [0.2, 0.25) is 0 Å². The van der Waals surface area contributed by atoms with Gasteiger partial charge < -0.3 is 14.8 Å². The molecule has 0 saturated heterocycles. The van der Waals surface area contributed by atoms with Gasteiger partial charge in [-0.3, -0.25) is 0 Å². The van der Waals surface area contributed by atoms with Crippen LogP contribution in [0, 0.1) is 0 Å². The Morgan fingerprint density at radius 3 is 3.10 bits per heavy atom. The second kappa shape index (κ2) is 6.56. The number of nitrogens with one attached hydrogen (secondary N) is 1. The van der Waals surface area contributed by atoms with E-state index < -0.39 is 0 Å². The van der Waals surface area contributed by atoms with Crippen LogP contribution >= 0.6 is 11.3 Å². The third kappa shape index (κ3) is 2.95. The first-order chi connectivity index (χ1) is 10.3. The lowest BCUT2D eigenvalue weighted by Gasteiger charge is -2.24. The van der Waals surface area contributed by atoms with Crippen LogP contribution in [0.15, 0.2) is 24.3 Å². The van der Waals surface area contributed by atoms with Crippen molar-refractivity contribution in [1.82, 2.24) is 10.3 Å². The molecule has 0 amide bonds. The van der Waals surface area contributed by atoms with Crippen LogP contribution in [-0.4, -0.2) is 25.7 Å². The number of hydrogen-bond acceptors (Lipinski definition) is 5. The summed E-state index contributed by atoms with van der Waals surface area (Å²) in [6.45, 7) is 2.15. The summed E-state index contributed by atoms with van der Waals surface area (Å²) in [5.41, 5.74) is 2.30. The van der Waals surface area contributed by atoms with E-state index in [0.717, 1.165) is 31.0 Å². The topological polar surface area (TPSA) is 43.4 Å². The second-order valence-electron chi connectivity index (χ2n) is 5.11. The average Bonchev–Trinajstić information content (AvgIpc) is 2.90. The SMILES string of the molecule is CNCc1sc(C2CCOc3ccccc32)nc1COC. The summed E-state index contributed by atoms with van der Waals surface area (Å²) in [5.74, 6) is 1.33. The molecule has 1 aliphatic heterocycles. The summed E-state index contributed by atoms with van der Waals surface area (Å²) >= 11 is 1.78. The molecule has 1 unspecified atom stereocenters. The molecule has 4 nitrogen and oxygen atoms in total. The van der Waals surface area contributed by atoms with Crippen LogP contribution in [0.4, 0.5) is 0 Å². The highest BCUT2D eigenvalue weighted by molar-refractivity contribution is 7.11. The van der Waals surface area contributed by atoms with E-state index in [1.165, 1.54) is 15.4 Å². The molecule has 2 aromatic rings. The first kappa shape index (κ1) is 14.5. The lowest BCUT2D eigenvalue weighted by molar-refractivity contribution is 0.181. The summed E-state index contributed by atoms with van der Waals surface area (Å²) in [6, 6.07) is 8.28. The Labute approximate surface area is 129 Å². The van der Waals surface area contributed by atoms with E-state index in [-0.39, 0.29) is 0 Å². The average molecular weight is 304 g/mol. The van der Waals surface area contributed by atoms with E-state index in [2.05, 4.69) is 17.4 Å². The second-order valence-corrected chi connectivity index (χ2v) is 6.23. The molecule has 3 rings (SSSR count). The minimum absolute atomic E-state index is 0.334. The van der Waals surface area contributed by atoms with Gasteiger partial charge in [0.25, 0.3) is 0 Å². The smallest absolute Gasteiger partial charge is 0.123 e. The third-order valence-electron chi connectivity index (χ3n) is 3.67. The van der Waals surface area contributed by atoms with Crippen molar-refractivity contribution in [2.45, 2.75) is 25.5 Å². The Morgan fingerprint density at radius 2 is 2.29 bits per heavy atom. The molecule has 0 saturated carbocycles. The van der Waals surface area contributed by atoms with Gasteiger partial charge in [-0.25, -0.2) is 4.98 Å². The lowest BCUT2D eigenvalue weighted by atomic mass is 9.94. The van der Waals surface area contributed by atoms with Crippen LogP contribution in [0.5, 0.6) is 5.75 Å². The minimum atomic E-state index is 0.334. The zero-order valence-corrected chi connectivity index (χ0v) is 13.2. The van der Waals surface area contributed by atoms with Gasteiger partial charge in [0.15, 0.2) is 0 Å². The molecule has 1 atom stereocenters. The monoisotopic (exact) mass is 304 g/mol. The minimum Gasteiger partial charge on any atom is -0.493 e. The van der Waals surface area contributed by atoms with E-state index in [0.29, 0.717) is 12.5 Å². The molecule has 0 bridgehead atoms. The Kier molecular flexibility index (Phi) is 4.53. The highest BCUT2D eigenvalue weighted by atomic mass is 32.1. The van der Waals surface area contributed by atoms with Gasteiger partial charge in [-0.2, -0.15) is 0 Å². The Balaban J connectivity index is 1.95. The van der Waals surface area contributed by atoms with E-state index in [1.807, 2.05) is 19.2 Å². The normalized spacial score (nSPS) is 17.3. The number of hydrogen-bond donors (Lipinski definition) is 1. The fourth-order valence-corrected chi connectivity index (χ4v) is 3.93. The van der Waals surface area contributed by atoms with Crippen LogP contribution in [-0.2, 0) is 17.9 Å². The van der Waals surface area contributed by atoms with Crippen molar-refractivity contribution >= 4 is 11.3 Å². The Bertz CT molecular complexity index is 589. The van der Waals surface area contributed by atoms with Gasteiger partial charge in [-0.05, 0) is 19.5 Å². The molecule has 1 aliphatic rings. The maximum atomic E-state index is 5.75. The number of methoxy groups -OCH3 is 1. The first-order valence-electron chi connectivity index (χ1n) is 7.17. The molecule has 1 N–H and O–H groups in total. The first-order valence-corrected chi connectivity index (χ1v) is 7.99. The zero-order valence-electron chi connectivity index (χ0n) is 12.4.